The number of aryl methyl sites for hydroxylation is 3. The van der Waals surface area contributed by atoms with Crippen LogP contribution >= 0.6 is 11.8 Å². The lowest BCUT2D eigenvalue weighted by Gasteiger charge is -2.29. The van der Waals surface area contributed by atoms with E-state index in [-0.39, 0.29) is 11.8 Å². The topological polar surface area (TPSA) is 84.2 Å². The molecule has 6 nitrogen and oxygen atoms in total. The number of imidazole rings is 1. The number of thioether (sulfide) groups is 1. The molecule has 7 heteroatoms. The molecule has 190 valence electrons. The third kappa shape index (κ3) is 4.81. The second kappa shape index (κ2) is 9.77. The van der Waals surface area contributed by atoms with Gasteiger partial charge in [0.2, 0.25) is 0 Å². The third-order valence-electron chi connectivity index (χ3n) is 6.98. The van der Waals surface area contributed by atoms with Crippen molar-refractivity contribution in [3.8, 4) is 11.4 Å². The summed E-state index contributed by atoms with van der Waals surface area (Å²) in [5.74, 6) is 0.0346. The van der Waals surface area contributed by atoms with Crippen LogP contribution in [0, 0.1) is 27.7 Å². The van der Waals surface area contributed by atoms with E-state index in [2.05, 4.69) is 41.9 Å². The number of amides is 1. The molecule has 0 saturated heterocycles. The molecule has 2 N–H and O–H groups in total. The van der Waals surface area contributed by atoms with Crippen molar-refractivity contribution < 1.29 is 14.7 Å². The van der Waals surface area contributed by atoms with Crippen molar-refractivity contribution in [2.24, 2.45) is 0 Å². The number of hydrogen-bond acceptors (Lipinski definition) is 4. The van der Waals surface area contributed by atoms with Gasteiger partial charge in [-0.05, 0) is 82.9 Å². The van der Waals surface area contributed by atoms with Gasteiger partial charge in [-0.2, -0.15) is 0 Å². The van der Waals surface area contributed by atoms with Gasteiger partial charge in [0, 0.05) is 34.3 Å². The number of fused-ring (bicyclic) bond motifs is 3. The summed E-state index contributed by atoms with van der Waals surface area (Å²) in [6.45, 7) is 14.4. The fraction of sp³-hybridized carbons (Fsp3) is 0.414. The standard InChI is InChI=1S/C29H35N3O3S/c1-8-9-20-15-32-19(5)25(27(33)31-24-17(3)12-16(2)13-18(24)4)30-26(32)22-11-10-21(14-23(20)22)36-29(6,7)28(34)35/h10-14,20H,8-9,15H2,1-7H3,(H,31,33)(H,34,35). The highest BCUT2D eigenvalue weighted by molar-refractivity contribution is 8.01. The van der Waals surface area contributed by atoms with Crippen LogP contribution in [0.5, 0.6) is 0 Å². The minimum absolute atomic E-state index is 0.201. The fourth-order valence-electron chi connectivity index (χ4n) is 5.13. The van der Waals surface area contributed by atoms with Gasteiger partial charge in [0.1, 0.15) is 16.3 Å². The van der Waals surface area contributed by atoms with E-state index in [4.69, 9.17) is 4.98 Å². The molecule has 4 rings (SSSR count). The number of carbonyl (C=O) groups is 2. The zero-order valence-corrected chi connectivity index (χ0v) is 23.0. The molecular formula is C29H35N3O3S. The first-order chi connectivity index (χ1) is 16.9. The van der Waals surface area contributed by atoms with Crippen molar-refractivity contribution in [3.05, 3.63) is 64.0 Å². The van der Waals surface area contributed by atoms with Crippen LogP contribution in [0.1, 0.15) is 78.0 Å². The van der Waals surface area contributed by atoms with E-state index in [1.54, 1.807) is 13.8 Å². The van der Waals surface area contributed by atoms with Crippen LogP contribution in [0.2, 0.25) is 0 Å². The highest BCUT2D eigenvalue weighted by Gasteiger charge is 2.32. The van der Waals surface area contributed by atoms with Gasteiger partial charge < -0.3 is 15.0 Å². The van der Waals surface area contributed by atoms with Gasteiger partial charge in [-0.3, -0.25) is 9.59 Å². The zero-order chi connectivity index (χ0) is 26.4. The SMILES string of the molecule is CCCC1Cn2c(nc(C(=O)Nc3c(C)cc(C)cc3C)c2C)-c2ccc(SC(C)(C)C(=O)O)cc21. The first-order valence-electron chi connectivity index (χ1n) is 12.5. The van der Waals surface area contributed by atoms with E-state index in [9.17, 15) is 14.7 Å². The van der Waals surface area contributed by atoms with Gasteiger partial charge in [0.25, 0.3) is 5.91 Å². The molecule has 0 spiro atoms. The lowest BCUT2D eigenvalue weighted by atomic mass is 9.87. The van der Waals surface area contributed by atoms with Gasteiger partial charge in [0.05, 0.1) is 0 Å². The summed E-state index contributed by atoms with van der Waals surface area (Å²) in [4.78, 5) is 30.8. The van der Waals surface area contributed by atoms with Gasteiger partial charge in [-0.15, -0.1) is 11.8 Å². The average Bonchev–Trinajstić information content (AvgIpc) is 3.12. The second-order valence-corrected chi connectivity index (χ2v) is 12.1. The molecule has 1 atom stereocenters. The summed E-state index contributed by atoms with van der Waals surface area (Å²) in [7, 11) is 0. The number of carboxylic acids is 1. The Balaban J connectivity index is 1.73. The Labute approximate surface area is 217 Å². The van der Waals surface area contributed by atoms with Gasteiger partial charge >= 0.3 is 5.97 Å². The molecule has 0 aliphatic carbocycles. The summed E-state index contributed by atoms with van der Waals surface area (Å²) in [6.07, 6.45) is 2.04. The van der Waals surface area contributed by atoms with Crippen LogP contribution in [0.3, 0.4) is 0 Å². The molecule has 1 aliphatic rings. The van der Waals surface area contributed by atoms with Gasteiger partial charge in [-0.1, -0.05) is 31.0 Å². The van der Waals surface area contributed by atoms with Crippen molar-refractivity contribution in [2.75, 3.05) is 5.32 Å². The smallest absolute Gasteiger partial charge is 0.319 e. The number of anilines is 1. The van der Waals surface area contributed by atoms with Crippen LogP contribution in [0.25, 0.3) is 11.4 Å². The van der Waals surface area contributed by atoms with Gasteiger partial charge in [-0.25, -0.2) is 4.98 Å². The normalized spacial score (nSPS) is 14.8. The van der Waals surface area contributed by atoms with Crippen LogP contribution in [0.4, 0.5) is 5.69 Å². The first-order valence-corrected chi connectivity index (χ1v) is 13.3. The van der Waals surface area contributed by atoms with E-state index < -0.39 is 10.7 Å². The molecule has 2 heterocycles. The largest absolute Gasteiger partial charge is 0.480 e. The zero-order valence-electron chi connectivity index (χ0n) is 22.2. The maximum absolute atomic E-state index is 13.4. The van der Waals surface area contributed by atoms with E-state index in [0.717, 1.165) is 58.2 Å². The number of aliphatic carboxylic acids is 1. The molecule has 0 radical (unpaired) electrons. The van der Waals surface area contributed by atoms with E-state index in [0.29, 0.717) is 5.69 Å². The maximum atomic E-state index is 13.4. The molecule has 2 aromatic carbocycles. The predicted octanol–water partition coefficient (Wildman–Crippen LogP) is 6.89. The maximum Gasteiger partial charge on any atom is 0.319 e. The number of hydrogen-bond donors (Lipinski definition) is 2. The predicted molar refractivity (Wildman–Crippen MR) is 146 cm³/mol. The minimum atomic E-state index is -0.921. The second-order valence-electron chi connectivity index (χ2n) is 10.4. The molecular weight excluding hydrogens is 470 g/mol. The molecule has 0 saturated carbocycles. The van der Waals surface area contributed by atoms with Crippen molar-refractivity contribution in [1.82, 2.24) is 9.55 Å². The summed E-state index contributed by atoms with van der Waals surface area (Å²) < 4.78 is 1.25. The number of carbonyl (C=O) groups excluding carboxylic acids is 1. The number of carboxylic acid groups (broad SMARTS) is 1. The lowest BCUT2D eigenvalue weighted by molar-refractivity contribution is -0.138. The number of aromatic nitrogens is 2. The summed E-state index contributed by atoms with van der Waals surface area (Å²) in [6, 6.07) is 10.3. The van der Waals surface area contributed by atoms with Crippen molar-refractivity contribution in [1.29, 1.82) is 0 Å². The molecule has 3 aromatic rings. The molecule has 36 heavy (non-hydrogen) atoms. The van der Waals surface area contributed by atoms with E-state index in [1.165, 1.54) is 22.9 Å². The monoisotopic (exact) mass is 505 g/mol. The molecule has 1 aliphatic heterocycles. The van der Waals surface area contributed by atoms with Gasteiger partial charge in [0.15, 0.2) is 0 Å². The van der Waals surface area contributed by atoms with Crippen LogP contribution in [0.15, 0.2) is 35.2 Å². The first kappa shape index (κ1) is 26.0. The number of rotatable bonds is 7. The molecule has 0 fully saturated rings. The molecule has 0 bridgehead atoms. The third-order valence-corrected chi connectivity index (χ3v) is 8.16. The van der Waals surface area contributed by atoms with Crippen molar-refractivity contribution in [3.63, 3.8) is 0 Å². The average molecular weight is 506 g/mol. The Hall–Kier alpha value is -3.06. The highest BCUT2D eigenvalue weighted by atomic mass is 32.2. The Morgan fingerprint density at radius 3 is 2.42 bits per heavy atom. The number of nitrogens with zero attached hydrogens (tertiary/aromatic N) is 2. The minimum Gasteiger partial charge on any atom is -0.480 e. The Kier molecular flexibility index (Phi) is 7.06. The Morgan fingerprint density at radius 1 is 1.14 bits per heavy atom. The summed E-state index contributed by atoms with van der Waals surface area (Å²) in [5, 5.41) is 12.7. The van der Waals surface area contributed by atoms with Crippen LogP contribution < -0.4 is 5.32 Å². The summed E-state index contributed by atoms with van der Waals surface area (Å²) in [5.41, 5.74) is 7.57. The van der Waals surface area contributed by atoms with Crippen LogP contribution in [-0.2, 0) is 11.3 Å². The highest BCUT2D eigenvalue weighted by Crippen LogP contribution is 2.43. The summed E-state index contributed by atoms with van der Waals surface area (Å²) >= 11 is 1.36. The van der Waals surface area contributed by atoms with Crippen molar-refractivity contribution >= 4 is 29.3 Å². The van der Waals surface area contributed by atoms with Crippen molar-refractivity contribution in [2.45, 2.75) is 83.4 Å². The van der Waals surface area contributed by atoms with Crippen LogP contribution in [-0.4, -0.2) is 31.3 Å². The molecule has 1 amide bonds. The molecule has 1 unspecified atom stereocenters. The lowest BCUT2D eigenvalue weighted by Crippen LogP contribution is -2.27. The quantitative estimate of drug-likeness (QED) is 0.342. The van der Waals surface area contributed by atoms with E-state index in [1.807, 2.05) is 32.9 Å². The number of benzene rings is 2. The fourth-order valence-corrected chi connectivity index (χ4v) is 6.12. The Morgan fingerprint density at radius 2 is 1.81 bits per heavy atom. The molecule has 1 aromatic heterocycles. The Bertz CT molecular complexity index is 1330. The number of nitrogens with one attached hydrogen (secondary N) is 1. The van der Waals surface area contributed by atoms with E-state index >= 15 is 0 Å².